The summed E-state index contributed by atoms with van der Waals surface area (Å²) in [5.41, 5.74) is 2.48. The fourth-order valence-corrected chi connectivity index (χ4v) is 4.93. The number of aromatic nitrogens is 3. The van der Waals surface area contributed by atoms with Crippen molar-refractivity contribution in [3.63, 3.8) is 0 Å². The van der Waals surface area contributed by atoms with E-state index in [4.69, 9.17) is 14.2 Å². The molecule has 0 radical (unpaired) electrons. The summed E-state index contributed by atoms with van der Waals surface area (Å²) in [6, 6.07) is 20.8. The van der Waals surface area contributed by atoms with Crippen LogP contribution in [0.25, 0.3) is 11.0 Å². The Morgan fingerprint density at radius 1 is 1.10 bits per heavy atom. The van der Waals surface area contributed by atoms with E-state index in [0.29, 0.717) is 48.0 Å². The first kappa shape index (κ1) is 27.1. The fourth-order valence-electron chi connectivity index (χ4n) is 4.93. The van der Waals surface area contributed by atoms with Crippen LogP contribution in [0.4, 0.5) is 5.69 Å². The molecule has 1 aliphatic rings. The average molecular weight is 544 g/mol. The molecule has 4 aromatic rings. The Bertz CT molecular complexity index is 1450. The number of hydrogen-bond acceptors (Lipinski definition) is 7. The molecule has 0 bridgehead atoms. The number of fused-ring (bicyclic) bond motifs is 1. The van der Waals surface area contributed by atoms with Gasteiger partial charge < -0.3 is 19.5 Å². The van der Waals surface area contributed by atoms with E-state index in [-0.39, 0.29) is 24.5 Å². The molecule has 1 aromatic heterocycles. The van der Waals surface area contributed by atoms with E-state index in [9.17, 15) is 9.59 Å². The van der Waals surface area contributed by atoms with E-state index in [1.807, 2.05) is 55.5 Å². The van der Waals surface area contributed by atoms with Crippen LogP contribution < -0.4 is 19.7 Å². The smallest absolute Gasteiger partial charge is 0.249 e. The van der Waals surface area contributed by atoms with Gasteiger partial charge in [0.1, 0.15) is 29.6 Å². The molecule has 0 saturated carbocycles. The monoisotopic (exact) mass is 543 g/mol. The second-order valence-corrected chi connectivity index (χ2v) is 9.46. The van der Waals surface area contributed by atoms with E-state index in [1.165, 1.54) is 12.0 Å². The van der Waals surface area contributed by atoms with Gasteiger partial charge in [0, 0.05) is 13.2 Å². The number of benzene rings is 3. The summed E-state index contributed by atoms with van der Waals surface area (Å²) in [6.45, 7) is 3.33. The van der Waals surface area contributed by atoms with Crippen molar-refractivity contribution >= 4 is 28.5 Å². The van der Waals surface area contributed by atoms with Gasteiger partial charge in [0.25, 0.3) is 0 Å². The molecule has 40 heavy (non-hydrogen) atoms. The van der Waals surface area contributed by atoms with E-state index in [2.05, 4.69) is 15.6 Å². The molecule has 2 amide bonds. The Morgan fingerprint density at radius 2 is 1.88 bits per heavy atom. The lowest BCUT2D eigenvalue weighted by Gasteiger charge is -2.32. The molecule has 0 aliphatic carbocycles. The highest BCUT2D eigenvalue weighted by Crippen LogP contribution is 2.36. The Hall–Kier alpha value is -4.44. The van der Waals surface area contributed by atoms with Crippen molar-refractivity contribution in [2.24, 2.45) is 0 Å². The minimum atomic E-state index is -1.00. The van der Waals surface area contributed by atoms with Crippen molar-refractivity contribution in [3.05, 3.63) is 78.4 Å². The molecule has 2 heterocycles. The summed E-state index contributed by atoms with van der Waals surface area (Å²) in [7, 11) is 1.54. The zero-order valence-electron chi connectivity index (χ0n) is 22.7. The Kier molecular flexibility index (Phi) is 8.56. The van der Waals surface area contributed by atoms with Gasteiger partial charge in [-0.3, -0.25) is 14.5 Å². The molecular weight excluding hydrogens is 510 g/mol. The zero-order chi connectivity index (χ0) is 27.9. The van der Waals surface area contributed by atoms with Crippen molar-refractivity contribution in [3.8, 4) is 11.5 Å². The van der Waals surface area contributed by atoms with Gasteiger partial charge in [-0.1, -0.05) is 41.6 Å². The first-order valence-electron chi connectivity index (χ1n) is 13.4. The molecule has 1 fully saturated rings. The van der Waals surface area contributed by atoms with Crippen LogP contribution >= 0.6 is 0 Å². The highest BCUT2D eigenvalue weighted by molar-refractivity contribution is 6.02. The predicted octanol–water partition coefficient (Wildman–Crippen LogP) is 3.91. The van der Waals surface area contributed by atoms with Crippen LogP contribution in [0.2, 0.25) is 0 Å². The van der Waals surface area contributed by atoms with E-state index in [0.717, 1.165) is 18.4 Å². The first-order valence-corrected chi connectivity index (χ1v) is 13.4. The average Bonchev–Trinajstić information content (AvgIpc) is 3.66. The molecule has 1 saturated heterocycles. The fraction of sp³-hybridized carbons (Fsp3) is 0.333. The highest BCUT2D eigenvalue weighted by atomic mass is 16.5. The van der Waals surface area contributed by atoms with E-state index in [1.54, 1.807) is 28.9 Å². The number of anilines is 1. The van der Waals surface area contributed by atoms with Gasteiger partial charge in [0.2, 0.25) is 11.8 Å². The van der Waals surface area contributed by atoms with Gasteiger partial charge in [-0.05, 0) is 61.7 Å². The second-order valence-electron chi connectivity index (χ2n) is 9.46. The lowest BCUT2D eigenvalue weighted by Crippen LogP contribution is -2.46. The van der Waals surface area contributed by atoms with Crippen molar-refractivity contribution in [2.75, 3.05) is 31.8 Å². The van der Waals surface area contributed by atoms with E-state index >= 15 is 0 Å². The summed E-state index contributed by atoms with van der Waals surface area (Å²) in [6.07, 6.45) is 1.78. The molecule has 2 atom stereocenters. The number of methoxy groups -OCH3 is 1. The minimum Gasteiger partial charge on any atom is -0.495 e. The molecule has 1 N–H and O–H groups in total. The predicted molar refractivity (Wildman–Crippen MR) is 150 cm³/mol. The maximum Gasteiger partial charge on any atom is 0.249 e. The van der Waals surface area contributed by atoms with Gasteiger partial charge in [-0.2, -0.15) is 0 Å². The normalized spacial score (nSPS) is 15.5. The molecular formula is C30H33N5O5. The number of carbonyl (C=O) groups excluding carboxylic acids is 2. The third-order valence-corrected chi connectivity index (χ3v) is 6.86. The van der Waals surface area contributed by atoms with Crippen LogP contribution in [0.15, 0.2) is 72.8 Å². The van der Waals surface area contributed by atoms with Crippen LogP contribution in [0.1, 0.15) is 31.4 Å². The van der Waals surface area contributed by atoms with Gasteiger partial charge in [0.15, 0.2) is 0 Å². The second kappa shape index (κ2) is 12.6. The van der Waals surface area contributed by atoms with Crippen molar-refractivity contribution in [2.45, 2.75) is 38.5 Å². The third-order valence-electron chi connectivity index (χ3n) is 6.86. The lowest BCUT2D eigenvalue weighted by molar-refractivity contribution is -0.127. The van der Waals surface area contributed by atoms with Crippen LogP contribution in [0.5, 0.6) is 11.5 Å². The number of hydrogen-bond donors (Lipinski definition) is 1. The largest absolute Gasteiger partial charge is 0.495 e. The topological polar surface area (TPSA) is 108 Å². The highest BCUT2D eigenvalue weighted by Gasteiger charge is 2.35. The standard InChI is InChI=1S/C30H33N5O5/c1-3-39-22-16-14-21(15-17-22)29(30(37)31-19-23-9-8-18-40-23)35(26-12-6-7-13-27(26)38-2)28(36)20-34-25-11-5-4-10-24(25)32-33-34/h4-7,10-17,23,29H,3,8-9,18-20H2,1-2H3,(H,31,37)/t23-,29-/m1/s1. The lowest BCUT2D eigenvalue weighted by atomic mass is 10.0. The van der Waals surface area contributed by atoms with Crippen LogP contribution in [-0.2, 0) is 20.9 Å². The molecule has 3 aromatic carbocycles. The number of carbonyl (C=O) groups is 2. The minimum absolute atomic E-state index is 0.0538. The van der Waals surface area contributed by atoms with Crippen molar-refractivity contribution < 1.29 is 23.8 Å². The number of ether oxygens (including phenoxy) is 3. The molecule has 0 spiro atoms. The van der Waals surface area contributed by atoms with Crippen molar-refractivity contribution in [1.82, 2.24) is 20.3 Å². The van der Waals surface area contributed by atoms with Crippen LogP contribution in [0, 0.1) is 0 Å². The summed E-state index contributed by atoms with van der Waals surface area (Å²) >= 11 is 0. The number of amides is 2. The summed E-state index contributed by atoms with van der Waals surface area (Å²) in [5, 5.41) is 11.4. The maximum atomic E-state index is 14.2. The Labute approximate surface area is 232 Å². The van der Waals surface area contributed by atoms with Crippen LogP contribution in [-0.4, -0.2) is 59.8 Å². The SMILES string of the molecule is CCOc1ccc([C@H](C(=O)NC[C@H]2CCCO2)N(C(=O)Cn2nnc3ccccc32)c2ccccc2OC)cc1. The van der Waals surface area contributed by atoms with Crippen molar-refractivity contribution in [1.29, 1.82) is 0 Å². The first-order chi connectivity index (χ1) is 19.6. The number of para-hydroxylation sites is 3. The Morgan fingerprint density at radius 3 is 2.62 bits per heavy atom. The number of nitrogens with one attached hydrogen (secondary N) is 1. The molecule has 208 valence electrons. The number of nitrogens with zero attached hydrogens (tertiary/aromatic N) is 4. The van der Waals surface area contributed by atoms with Gasteiger partial charge >= 0.3 is 0 Å². The Balaban J connectivity index is 1.56. The molecule has 5 rings (SSSR count). The van der Waals surface area contributed by atoms with Crippen LogP contribution in [0.3, 0.4) is 0 Å². The molecule has 0 unspecified atom stereocenters. The number of rotatable bonds is 11. The summed E-state index contributed by atoms with van der Waals surface area (Å²) in [4.78, 5) is 29.7. The van der Waals surface area contributed by atoms with Gasteiger partial charge in [-0.15, -0.1) is 5.10 Å². The van der Waals surface area contributed by atoms with Gasteiger partial charge in [-0.25, -0.2) is 4.68 Å². The third kappa shape index (κ3) is 5.91. The van der Waals surface area contributed by atoms with E-state index < -0.39 is 6.04 Å². The quantitative estimate of drug-likeness (QED) is 0.306. The molecule has 10 heteroatoms. The summed E-state index contributed by atoms with van der Waals surface area (Å²) in [5.74, 6) is 0.449. The van der Waals surface area contributed by atoms with Gasteiger partial charge in [0.05, 0.1) is 31.0 Å². The maximum absolute atomic E-state index is 14.2. The zero-order valence-corrected chi connectivity index (χ0v) is 22.7. The summed E-state index contributed by atoms with van der Waals surface area (Å²) < 4.78 is 18.5. The molecule has 10 nitrogen and oxygen atoms in total. The molecule has 1 aliphatic heterocycles.